The van der Waals surface area contributed by atoms with E-state index in [-0.39, 0.29) is 6.61 Å². The highest BCUT2D eigenvalue weighted by Crippen LogP contribution is 2.40. The van der Waals surface area contributed by atoms with Crippen molar-refractivity contribution in [3.8, 4) is 0 Å². The Morgan fingerprint density at radius 2 is 1.79 bits per heavy atom. The number of hydrogen-bond donors (Lipinski definition) is 2. The molecular formula is C11H16F3NO4. The van der Waals surface area contributed by atoms with Crippen molar-refractivity contribution in [1.29, 1.82) is 5.41 Å². The quantitative estimate of drug-likeness (QED) is 0.571. The number of hydrogen-bond acceptors (Lipinski definition) is 5. The molecule has 8 heteroatoms. The molecule has 110 valence electrons. The summed E-state index contributed by atoms with van der Waals surface area (Å²) in [5, 5.41) is 17.0. The molecule has 0 aliphatic heterocycles. The van der Waals surface area contributed by atoms with Gasteiger partial charge in [0.25, 0.3) is 0 Å². The van der Waals surface area contributed by atoms with Crippen molar-refractivity contribution < 1.29 is 32.6 Å². The number of halogens is 3. The summed E-state index contributed by atoms with van der Waals surface area (Å²) in [6.45, 7) is 2.99. The van der Waals surface area contributed by atoms with Crippen LogP contribution in [-0.4, -0.2) is 41.0 Å². The average molecular weight is 283 g/mol. The third-order valence-electron chi connectivity index (χ3n) is 2.44. The smallest absolute Gasteiger partial charge is 0.418 e. The molecule has 0 spiro atoms. The zero-order valence-corrected chi connectivity index (χ0v) is 10.8. The minimum Gasteiger partial charge on any atom is -0.465 e. The predicted octanol–water partition coefficient (Wildman–Crippen LogP) is 1.48. The fourth-order valence-corrected chi connectivity index (χ4v) is 1.70. The second-order valence-electron chi connectivity index (χ2n) is 4.17. The van der Waals surface area contributed by atoms with Crippen molar-refractivity contribution in [2.75, 3.05) is 6.61 Å². The van der Waals surface area contributed by atoms with Crippen LogP contribution in [-0.2, 0) is 14.3 Å². The van der Waals surface area contributed by atoms with Crippen LogP contribution < -0.4 is 0 Å². The fraction of sp³-hybridized carbons (Fsp3) is 0.727. The molecule has 0 saturated heterocycles. The summed E-state index contributed by atoms with van der Waals surface area (Å²) in [6, 6.07) is 0. The topological polar surface area (TPSA) is 87.5 Å². The van der Waals surface area contributed by atoms with Crippen molar-refractivity contribution in [3.63, 3.8) is 0 Å². The second kappa shape index (κ2) is 6.14. The van der Waals surface area contributed by atoms with Gasteiger partial charge in [0.05, 0.1) is 6.61 Å². The molecule has 5 nitrogen and oxygen atoms in total. The van der Waals surface area contributed by atoms with Crippen LogP contribution in [0.15, 0.2) is 0 Å². The lowest BCUT2D eigenvalue weighted by molar-refractivity contribution is -0.272. The molecule has 2 N–H and O–H groups in total. The third-order valence-corrected chi connectivity index (χ3v) is 2.44. The van der Waals surface area contributed by atoms with Crippen LogP contribution in [0.1, 0.15) is 27.2 Å². The lowest BCUT2D eigenvalue weighted by atomic mass is 9.80. The normalized spacial score (nSPS) is 16.4. The zero-order valence-electron chi connectivity index (χ0n) is 10.8. The number of ether oxygens (including phenoxy) is 1. The van der Waals surface area contributed by atoms with Crippen LogP contribution in [0.4, 0.5) is 13.2 Å². The molecular weight excluding hydrogens is 267 g/mol. The summed E-state index contributed by atoms with van der Waals surface area (Å²) in [7, 11) is 0. The van der Waals surface area contributed by atoms with Gasteiger partial charge in [-0.1, -0.05) is 0 Å². The summed E-state index contributed by atoms with van der Waals surface area (Å²) < 4.78 is 43.3. The van der Waals surface area contributed by atoms with Crippen molar-refractivity contribution in [2.45, 2.75) is 39.0 Å². The molecule has 0 aromatic carbocycles. The Kier molecular flexibility index (Phi) is 5.67. The maximum absolute atomic E-state index is 13.0. The Balaban J connectivity index is 5.70. The Bertz CT molecular complexity index is 381. The van der Waals surface area contributed by atoms with E-state index in [4.69, 9.17) is 5.41 Å². The monoisotopic (exact) mass is 283 g/mol. The van der Waals surface area contributed by atoms with Gasteiger partial charge in [-0.2, -0.15) is 13.2 Å². The van der Waals surface area contributed by atoms with Crippen LogP contribution in [0, 0.1) is 11.3 Å². The van der Waals surface area contributed by atoms with Crippen LogP contribution in [0.5, 0.6) is 0 Å². The van der Waals surface area contributed by atoms with Gasteiger partial charge in [0.15, 0.2) is 5.60 Å². The fourth-order valence-electron chi connectivity index (χ4n) is 1.70. The van der Waals surface area contributed by atoms with Crippen LogP contribution in [0.2, 0.25) is 0 Å². The summed E-state index contributed by atoms with van der Waals surface area (Å²) in [5.41, 5.74) is -4.35. The lowest BCUT2D eigenvalue weighted by Gasteiger charge is -2.35. The number of carbonyl (C=O) groups excluding carboxylic acids is 2. The van der Waals surface area contributed by atoms with E-state index in [0.717, 1.165) is 13.8 Å². The van der Waals surface area contributed by atoms with Crippen LogP contribution in [0.3, 0.4) is 0 Å². The van der Waals surface area contributed by atoms with E-state index < -0.39 is 41.6 Å². The maximum atomic E-state index is 13.0. The number of Topliss-reactive ketones (excluding diaryl/α,β-unsaturated/α-hetero) is 1. The third kappa shape index (κ3) is 4.02. The molecule has 0 rings (SSSR count). The van der Waals surface area contributed by atoms with E-state index in [1.54, 1.807) is 0 Å². The molecule has 0 fully saturated rings. The average Bonchev–Trinajstić information content (AvgIpc) is 2.13. The first-order valence-corrected chi connectivity index (χ1v) is 5.47. The highest BCUT2D eigenvalue weighted by atomic mass is 19.4. The van der Waals surface area contributed by atoms with E-state index in [2.05, 4.69) is 4.74 Å². The summed E-state index contributed by atoms with van der Waals surface area (Å²) in [5.74, 6) is -4.58. The van der Waals surface area contributed by atoms with Crippen LogP contribution >= 0.6 is 0 Å². The predicted molar refractivity (Wildman–Crippen MR) is 59.8 cm³/mol. The largest absolute Gasteiger partial charge is 0.465 e. The van der Waals surface area contributed by atoms with Crippen LogP contribution in [0.25, 0.3) is 0 Å². The Morgan fingerprint density at radius 3 is 2.05 bits per heavy atom. The number of rotatable bonds is 6. The minimum atomic E-state index is -5.24. The first kappa shape index (κ1) is 17.6. The van der Waals surface area contributed by atoms with Gasteiger partial charge < -0.3 is 15.3 Å². The van der Waals surface area contributed by atoms with E-state index in [9.17, 15) is 27.9 Å². The SMILES string of the molecule is CCOC(=O)C(C(C)=N)C(O)(CC(C)=O)C(F)(F)F. The molecule has 2 atom stereocenters. The summed E-state index contributed by atoms with van der Waals surface area (Å²) in [4.78, 5) is 22.5. The Hall–Kier alpha value is -1.44. The first-order chi connectivity index (χ1) is 8.47. The van der Waals surface area contributed by atoms with Crippen molar-refractivity contribution in [1.82, 2.24) is 0 Å². The molecule has 0 heterocycles. The Morgan fingerprint density at radius 1 is 1.32 bits per heavy atom. The van der Waals surface area contributed by atoms with Gasteiger partial charge in [-0.25, -0.2) is 0 Å². The van der Waals surface area contributed by atoms with Crippen molar-refractivity contribution in [3.05, 3.63) is 0 Å². The van der Waals surface area contributed by atoms with Gasteiger partial charge >= 0.3 is 12.1 Å². The highest BCUT2D eigenvalue weighted by Gasteiger charge is 2.62. The molecule has 19 heavy (non-hydrogen) atoms. The number of nitrogens with one attached hydrogen (secondary N) is 1. The van der Waals surface area contributed by atoms with E-state index in [1.165, 1.54) is 6.92 Å². The first-order valence-electron chi connectivity index (χ1n) is 5.47. The highest BCUT2D eigenvalue weighted by molar-refractivity contribution is 6.01. The number of carbonyl (C=O) groups is 2. The van der Waals surface area contributed by atoms with Gasteiger partial charge in [0.1, 0.15) is 11.7 Å². The van der Waals surface area contributed by atoms with Crippen molar-refractivity contribution >= 4 is 17.5 Å². The lowest BCUT2D eigenvalue weighted by Crippen LogP contribution is -2.57. The second-order valence-corrected chi connectivity index (χ2v) is 4.17. The van der Waals surface area contributed by atoms with Gasteiger partial charge in [0.2, 0.25) is 0 Å². The van der Waals surface area contributed by atoms with Crippen molar-refractivity contribution in [2.24, 2.45) is 5.92 Å². The molecule has 0 aromatic heterocycles. The van der Waals surface area contributed by atoms with E-state index in [1.807, 2.05) is 0 Å². The van der Waals surface area contributed by atoms with E-state index in [0.29, 0.717) is 0 Å². The standard InChI is InChI=1S/C11H16F3NO4/c1-4-19-9(17)8(7(3)15)10(18,5-6(2)16)11(12,13)14/h8,15,18H,4-5H2,1-3H3. The summed E-state index contributed by atoms with van der Waals surface area (Å²) in [6.07, 6.45) is -6.55. The molecule has 0 aliphatic carbocycles. The molecule has 0 aromatic rings. The maximum Gasteiger partial charge on any atom is 0.418 e. The molecule has 2 unspecified atom stereocenters. The van der Waals surface area contributed by atoms with E-state index >= 15 is 0 Å². The van der Waals surface area contributed by atoms with Gasteiger partial charge in [0, 0.05) is 12.1 Å². The minimum absolute atomic E-state index is 0.198. The number of alkyl halides is 3. The number of esters is 1. The van der Waals surface area contributed by atoms with Gasteiger partial charge in [-0.15, -0.1) is 0 Å². The Labute approximate surface area is 108 Å². The van der Waals surface area contributed by atoms with Gasteiger partial charge in [-0.05, 0) is 20.8 Å². The molecule has 0 radical (unpaired) electrons. The molecule has 0 bridgehead atoms. The molecule has 0 saturated carbocycles. The molecule has 0 amide bonds. The molecule has 0 aliphatic rings. The summed E-state index contributed by atoms with van der Waals surface area (Å²) >= 11 is 0. The van der Waals surface area contributed by atoms with Gasteiger partial charge in [-0.3, -0.25) is 9.59 Å². The zero-order chi connectivity index (χ0) is 15.4. The number of aliphatic hydroxyl groups is 1. The number of ketones is 1.